The van der Waals surface area contributed by atoms with Crippen molar-refractivity contribution in [3.63, 3.8) is 0 Å². The maximum absolute atomic E-state index is 11.7. The normalized spacial score (nSPS) is 21.4. The van der Waals surface area contributed by atoms with Crippen LogP contribution in [0.5, 0.6) is 0 Å². The van der Waals surface area contributed by atoms with Gasteiger partial charge in [-0.25, -0.2) is 4.72 Å². The van der Waals surface area contributed by atoms with Gasteiger partial charge in [0.15, 0.2) is 0 Å². The van der Waals surface area contributed by atoms with Gasteiger partial charge in [0.1, 0.15) is 0 Å². The van der Waals surface area contributed by atoms with Crippen LogP contribution >= 0.6 is 0 Å². The van der Waals surface area contributed by atoms with Crippen LogP contribution in [0.2, 0.25) is 0 Å². The van der Waals surface area contributed by atoms with Crippen molar-refractivity contribution in [3.05, 3.63) is 0 Å². The lowest BCUT2D eigenvalue weighted by Gasteiger charge is -2.26. The molecule has 0 radical (unpaired) electrons. The Morgan fingerprint density at radius 2 is 2.00 bits per heavy atom. The number of rotatable bonds is 5. The van der Waals surface area contributed by atoms with Crippen LogP contribution < -0.4 is 10.0 Å². The quantitative estimate of drug-likeness (QED) is 0.602. The molecule has 90 valence electrons. The van der Waals surface area contributed by atoms with Crippen molar-refractivity contribution in [2.75, 3.05) is 44.7 Å². The molecular weight excluding hydrogens is 238 g/mol. The Hall–Kier alpha value is -0.0200. The van der Waals surface area contributed by atoms with E-state index in [2.05, 4.69) is 10.0 Å². The molecule has 1 unspecified atom stereocenters. The first-order chi connectivity index (χ1) is 7.02. The molecule has 1 fully saturated rings. The summed E-state index contributed by atoms with van der Waals surface area (Å²) in [5.41, 5.74) is 0. The molecule has 0 bridgehead atoms. The summed E-state index contributed by atoms with van der Waals surface area (Å²) in [6, 6.07) is 0. The highest BCUT2D eigenvalue weighted by Gasteiger charge is 2.22. The summed E-state index contributed by atoms with van der Waals surface area (Å²) in [4.78, 5) is 0. The van der Waals surface area contributed by atoms with Gasteiger partial charge in [-0.1, -0.05) is 0 Å². The average Bonchev–Trinajstić information content (AvgIpc) is 2.18. The van der Waals surface area contributed by atoms with Gasteiger partial charge in [0.05, 0.1) is 0 Å². The molecule has 1 rings (SSSR count). The molecule has 0 amide bonds. The molecule has 0 aromatic heterocycles. The summed E-state index contributed by atoms with van der Waals surface area (Å²) < 4.78 is 37.9. The fraction of sp³-hybridized carbons (Fsp3) is 1.00. The van der Waals surface area contributed by atoms with Crippen molar-refractivity contribution in [1.82, 2.24) is 14.3 Å². The zero-order valence-corrected chi connectivity index (χ0v) is 10.4. The lowest BCUT2D eigenvalue weighted by atomic mass is 10.4. The van der Waals surface area contributed by atoms with Crippen molar-refractivity contribution in [3.8, 4) is 0 Å². The van der Waals surface area contributed by atoms with Gasteiger partial charge in [0, 0.05) is 55.5 Å². The van der Waals surface area contributed by atoms with Gasteiger partial charge in [-0.2, -0.15) is 12.7 Å². The summed E-state index contributed by atoms with van der Waals surface area (Å²) in [5.74, 6) is 0.353. The minimum atomic E-state index is -3.37. The maximum atomic E-state index is 11.7. The predicted molar refractivity (Wildman–Crippen MR) is 60.3 cm³/mol. The Balaban J connectivity index is 2.40. The zero-order chi connectivity index (χ0) is 11.3. The molecule has 8 heteroatoms. The van der Waals surface area contributed by atoms with E-state index < -0.39 is 21.0 Å². The molecule has 6 nitrogen and oxygen atoms in total. The lowest BCUT2D eigenvalue weighted by molar-refractivity contribution is 0.355. The number of piperazine rings is 1. The van der Waals surface area contributed by atoms with E-state index in [1.54, 1.807) is 6.26 Å². The highest BCUT2D eigenvalue weighted by molar-refractivity contribution is 7.87. The molecule has 2 N–H and O–H groups in total. The average molecular weight is 255 g/mol. The Morgan fingerprint density at radius 1 is 1.40 bits per heavy atom. The topological polar surface area (TPSA) is 78.5 Å². The fourth-order valence-electron chi connectivity index (χ4n) is 1.29. The number of nitrogens with zero attached hydrogens (tertiary/aromatic N) is 1. The van der Waals surface area contributed by atoms with E-state index in [1.165, 1.54) is 4.31 Å². The number of hydrogen-bond acceptors (Lipinski definition) is 4. The molecule has 1 aliphatic rings. The van der Waals surface area contributed by atoms with E-state index in [0.29, 0.717) is 31.9 Å². The smallest absolute Gasteiger partial charge is 0.279 e. The second kappa shape index (κ2) is 5.90. The van der Waals surface area contributed by atoms with Gasteiger partial charge in [0.25, 0.3) is 10.2 Å². The molecule has 0 saturated carbocycles. The molecule has 15 heavy (non-hydrogen) atoms. The van der Waals surface area contributed by atoms with Crippen LogP contribution in [0.3, 0.4) is 0 Å². The third-order valence-electron chi connectivity index (χ3n) is 2.09. The maximum Gasteiger partial charge on any atom is 0.279 e. The SMILES string of the molecule is CS(=O)CCNS(=O)(=O)N1CCNCC1. The standard InChI is InChI=1S/C7H17N3O3S2/c1-14(11)7-4-9-15(12,13)10-5-2-8-3-6-10/h8-9H,2-7H2,1H3. The third-order valence-corrected chi connectivity index (χ3v) is 4.48. The first kappa shape index (κ1) is 13.0. The van der Waals surface area contributed by atoms with Crippen molar-refractivity contribution in [2.24, 2.45) is 0 Å². The van der Waals surface area contributed by atoms with Gasteiger partial charge in [-0.3, -0.25) is 4.21 Å². The summed E-state index contributed by atoms with van der Waals surface area (Å²) >= 11 is 0. The molecule has 0 aromatic carbocycles. The Morgan fingerprint density at radius 3 is 2.53 bits per heavy atom. The molecule has 1 heterocycles. The van der Waals surface area contributed by atoms with Crippen LogP contribution in [0.1, 0.15) is 0 Å². The van der Waals surface area contributed by atoms with Crippen molar-refractivity contribution >= 4 is 21.0 Å². The van der Waals surface area contributed by atoms with Gasteiger partial charge in [0.2, 0.25) is 0 Å². The van der Waals surface area contributed by atoms with Gasteiger partial charge in [-0.05, 0) is 0 Å². The van der Waals surface area contributed by atoms with Crippen LogP contribution in [0.4, 0.5) is 0 Å². The molecule has 0 spiro atoms. The van der Waals surface area contributed by atoms with Crippen molar-refractivity contribution < 1.29 is 12.6 Å². The van der Waals surface area contributed by atoms with Crippen molar-refractivity contribution in [2.45, 2.75) is 0 Å². The van der Waals surface area contributed by atoms with Crippen LogP contribution in [0.25, 0.3) is 0 Å². The minimum Gasteiger partial charge on any atom is -0.314 e. The molecule has 0 aliphatic carbocycles. The van der Waals surface area contributed by atoms with Crippen LogP contribution in [-0.4, -0.2) is 61.7 Å². The largest absolute Gasteiger partial charge is 0.314 e. The summed E-state index contributed by atoms with van der Waals surface area (Å²) in [6.07, 6.45) is 1.55. The van der Waals surface area contributed by atoms with Crippen LogP contribution in [-0.2, 0) is 21.0 Å². The van der Waals surface area contributed by atoms with Gasteiger partial charge < -0.3 is 5.32 Å². The highest BCUT2D eigenvalue weighted by atomic mass is 32.2. The molecular formula is C7H17N3O3S2. The van der Waals surface area contributed by atoms with Gasteiger partial charge >= 0.3 is 0 Å². The van der Waals surface area contributed by atoms with E-state index in [1.807, 2.05) is 0 Å². The Kier molecular flexibility index (Phi) is 5.13. The van der Waals surface area contributed by atoms with Crippen molar-refractivity contribution in [1.29, 1.82) is 0 Å². The highest BCUT2D eigenvalue weighted by Crippen LogP contribution is 1.99. The number of hydrogen-bond donors (Lipinski definition) is 2. The molecule has 1 aliphatic heterocycles. The van der Waals surface area contributed by atoms with Crippen LogP contribution in [0.15, 0.2) is 0 Å². The van der Waals surface area contributed by atoms with E-state index in [4.69, 9.17) is 0 Å². The fourth-order valence-corrected chi connectivity index (χ4v) is 3.01. The first-order valence-corrected chi connectivity index (χ1v) is 7.94. The first-order valence-electron chi connectivity index (χ1n) is 4.78. The van der Waals surface area contributed by atoms with E-state index in [0.717, 1.165) is 0 Å². The Labute approximate surface area is 93.1 Å². The second-order valence-electron chi connectivity index (χ2n) is 3.33. The molecule has 1 saturated heterocycles. The van der Waals surface area contributed by atoms with E-state index in [9.17, 15) is 12.6 Å². The molecule has 1 atom stereocenters. The third kappa shape index (κ3) is 4.56. The monoisotopic (exact) mass is 255 g/mol. The van der Waals surface area contributed by atoms with E-state index in [-0.39, 0.29) is 6.54 Å². The Bertz CT molecular complexity index is 311. The number of nitrogens with one attached hydrogen (secondary N) is 2. The second-order valence-corrected chi connectivity index (χ2v) is 6.64. The summed E-state index contributed by atoms with van der Waals surface area (Å²) in [5, 5.41) is 3.08. The minimum absolute atomic E-state index is 0.232. The van der Waals surface area contributed by atoms with Gasteiger partial charge in [-0.15, -0.1) is 0 Å². The molecule has 0 aromatic rings. The lowest BCUT2D eigenvalue weighted by Crippen LogP contribution is -2.50. The summed E-state index contributed by atoms with van der Waals surface area (Å²) in [7, 11) is -4.33. The van der Waals surface area contributed by atoms with Crippen LogP contribution in [0, 0.1) is 0 Å². The summed E-state index contributed by atoms with van der Waals surface area (Å²) in [6.45, 7) is 2.58. The predicted octanol–water partition coefficient (Wildman–Crippen LogP) is -1.90. The zero-order valence-electron chi connectivity index (χ0n) is 8.73. The van der Waals surface area contributed by atoms with E-state index >= 15 is 0 Å².